The van der Waals surface area contributed by atoms with Crippen molar-refractivity contribution < 1.29 is 0 Å². The van der Waals surface area contributed by atoms with E-state index in [-0.39, 0.29) is 0 Å². The summed E-state index contributed by atoms with van der Waals surface area (Å²) in [6, 6.07) is 172. The van der Waals surface area contributed by atoms with Crippen LogP contribution in [0.1, 0.15) is 44.5 Å². The maximum Gasteiger partial charge on any atom is 0.187 e. The zero-order valence-corrected chi connectivity index (χ0v) is 71.9. The summed E-state index contributed by atoms with van der Waals surface area (Å²) in [5, 5.41) is 0. The van der Waals surface area contributed by atoms with E-state index in [0.717, 1.165) is 128 Å². The summed E-state index contributed by atoms with van der Waals surface area (Å²) < 4.78 is 0. The van der Waals surface area contributed by atoms with Gasteiger partial charge in [0.25, 0.3) is 0 Å². The van der Waals surface area contributed by atoms with Gasteiger partial charge < -0.3 is 0 Å². The maximum atomic E-state index is 7.93. The molecule has 0 bridgehead atoms. The van der Waals surface area contributed by atoms with E-state index < -0.39 is 10.8 Å². The van der Waals surface area contributed by atoms with Crippen molar-refractivity contribution in [3.63, 3.8) is 0 Å². The van der Waals surface area contributed by atoms with Crippen LogP contribution in [0.3, 0.4) is 0 Å². The van der Waals surface area contributed by atoms with E-state index in [2.05, 4.69) is 446 Å². The second kappa shape index (κ2) is 33.6. The topological polar surface area (TPSA) is 60.3 Å². The Morgan fingerprint density at radius 3 is 0.773 bits per heavy atom. The Hall–Kier alpha value is -17.7. The minimum Gasteiger partial charge on any atom is -0.238 e. The Morgan fingerprint density at radius 1 is 0.152 bits per heavy atom. The predicted molar refractivity (Wildman–Crippen MR) is 541 cm³/mol. The minimum atomic E-state index is -0.556. The van der Waals surface area contributed by atoms with Gasteiger partial charge in [0.1, 0.15) is 0 Å². The van der Waals surface area contributed by atoms with Gasteiger partial charge in [-0.1, -0.05) is 455 Å². The monoisotopic (exact) mass is 1680 g/mol. The van der Waals surface area contributed by atoms with Crippen LogP contribution in [0.2, 0.25) is 0 Å². The molecule has 24 rings (SSSR count). The highest BCUT2D eigenvalue weighted by molar-refractivity contribution is 5.98. The number of benzene rings is 19. The molecule has 0 radical (unpaired) electrons. The largest absolute Gasteiger partial charge is 0.238 e. The molecule has 6 nitrogen and oxygen atoms in total. The van der Waals surface area contributed by atoms with Gasteiger partial charge in [0.05, 0.1) is 46.7 Å². The molecule has 0 atom stereocenters. The van der Waals surface area contributed by atoms with Crippen LogP contribution in [0.25, 0.3) is 189 Å². The van der Waals surface area contributed by atoms with Gasteiger partial charge in [-0.05, 0) is 186 Å². The Labute approximate surface area is 768 Å². The summed E-state index contributed by atoms with van der Waals surface area (Å²) in [6.07, 6.45) is 0. The molecule has 0 saturated carbocycles. The van der Waals surface area contributed by atoms with Crippen LogP contribution in [0.5, 0.6) is 0 Å². The standard InChI is InChI=1S/C66H43N3.C60H37N3/c1-67-58-39-40-59-60-42-55(38-41-61(60)66(62(59)43-58,56-18-10-4-11-19-56)57-20-12-5-13-21-57)51-24-22-49(23-25-51)50-28-34-53(35-29-50)64-44-63(52-32-26-47(27-33-52)45-14-6-2-7-15-45)68-65(69-64)54-36-30-48(31-37-54)46-16-8-3-9-17-46;1-61-48-32-33-51-52-36-46(31-34-55(52)60(56(51)37-48)53-21-10-8-19-49(53)50-20-9-11-22-54(50)60)42-25-23-40(24-26-42)41-27-29-43(30-28-41)57-38-58(63-59(62-57)44-15-6-3-7-16-44)47-18-12-17-45(35-47)39-13-4-2-5-14-39/h2-44H;2-38H. The van der Waals surface area contributed by atoms with Crippen molar-refractivity contribution in [2.75, 3.05) is 0 Å². The molecule has 2 aromatic heterocycles. The molecule has 0 fully saturated rings. The first kappa shape index (κ1) is 79.0. The average Bonchev–Trinajstić information content (AvgIpc) is 1.51. The summed E-state index contributed by atoms with van der Waals surface area (Å²) >= 11 is 0. The van der Waals surface area contributed by atoms with Crippen LogP contribution in [-0.4, -0.2) is 19.9 Å². The van der Waals surface area contributed by atoms with Crippen molar-refractivity contribution >= 4 is 11.4 Å². The van der Waals surface area contributed by atoms with Crippen LogP contribution in [0.4, 0.5) is 11.4 Å². The van der Waals surface area contributed by atoms with Gasteiger partial charge in [0, 0.05) is 33.4 Å². The van der Waals surface area contributed by atoms with E-state index in [9.17, 15) is 0 Å². The molecule has 1 spiro atoms. The molecule has 21 aromatic rings. The Morgan fingerprint density at radius 2 is 0.394 bits per heavy atom. The quantitative estimate of drug-likeness (QED) is 0.0960. The van der Waals surface area contributed by atoms with Crippen LogP contribution in [0.15, 0.2) is 485 Å². The minimum absolute atomic E-state index is 0.475. The zero-order valence-electron chi connectivity index (χ0n) is 71.9. The highest BCUT2D eigenvalue weighted by Gasteiger charge is 2.52. The first-order valence-corrected chi connectivity index (χ1v) is 44.7. The lowest BCUT2D eigenvalue weighted by Gasteiger charge is -2.34. The molecule has 0 aliphatic heterocycles. The molecule has 0 N–H and O–H groups in total. The van der Waals surface area contributed by atoms with Gasteiger partial charge >= 0.3 is 0 Å². The maximum absolute atomic E-state index is 7.93. The molecule has 6 heteroatoms. The molecule has 3 aliphatic carbocycles. The third kappa shape index (κ3) is 14.1. The Kier molecular flexibility index (Phi) is 20.1. The molecule has 3 aliphatic rings. The smallest absolute Gasteiger partial charge is 0.187 e. The number of rotatable bonds is 15. The molecule has 2 heterocycles. The molecule has 0 saturated heterocycles. The molecule has 0 unspecified atom stereocenters. The zero-order chi connectivity index (χ0) is 88.1. The van der Waals surface area contributed by atoms with Gasteiger partial charge in [-0.25, -0.2) is 29.6 Å². The molecule has 614 valence electrons. The average molecular weight is 1680 g/mol. The van der Waals surface area contributed by atoms with Crippen molar-refractivity contribution in [1.82, 2.24) is 19.9 Å². The van der Waals surface area contributed by atoms with Gasteiger partial charge in [-0.2, -0.15) is 0 Å². The first-order valence-electron chi connectivity index (χ1n) is 44.7. The van der Waals surface area contributed by atoms with E-state index in [1.54, 1.807) is 0 Å². The highest BCUT2D eigenvalue weighted by atomic mass is 14.9. The van der Waals surface area contributed by atoms with E-state index in [1.807, 2.05) is 48.5 Å². The SMILES string of the molecule is [C-]#[N+]c1ccc2c(c1)C(c1ccccc1)(c1ccccc1)c1ccc(-c3ccc(-c4ccc(-c5cc(-c6ccc(-c7ccccc7)cc6)nc(-c6ccc(-c7ccccc7)cc6)n5)cc4)cc3)cc1-2.[C-]#[N+]c1ccc2c(c1)C1(c3ccccc3-c3ccccc31)c1ccc(-c3ccc(-c4ccc(-c5cc(-c6cccc(-c7ccccc7)c6)nc(-c6ccccc6)n5)cc4)cc3)cc1-2. The second-order valence-electron chi connectivity index (χ2n) is 34.0. The Balaban J connectivity index is 0.000000150. The van der Waals surface area contributed by atoms with Crippen molar-refractivity contribution in [2.45, 2.75) is 10.8 Å². The highest BCUT2D eigenvalue weighted by Crippen LogP contribution is 2.64. The number of hydrogen-bond donors (Lipinski definition) is 0. The van der Waals surface area contributed by atoms with Crippen molar-refractivity contribution in [2.24, 2.45) is 0 Å². The fourth-order valence-corrected chi connectivity index (χ4v) is 20.2. The summed E-state index contributed by atoms with van der Waals surface area (Å²) in [7, 11) is 0. The van der Waals surface area contributed by atoms with Gasteiger partial charge in [-0.15, -0.1) is 0 Å². The number of aromatic nitrogens is 4. The number of hydrogen-bond acceptors (Lipinski definition) is 4. The molecule has 132 heavy (non-hydrogen) atoms. The van der Waals surface area contributed by atoms with E-state index in [4.69, 9.17) is 33.1 Å². The number of fused-ring (bicyclic) bond motifs is 13. The van der Waals surface area contributed by atoms with Gasteiger partial charge in [0.2, 0.25) is 0 Å². The van der Waals surface area contributed by atoms with Crippen molar-refractivity contribution in [3.8, 4) is 179 Å². The summed E-state index contributed by atoms with van der Waals surface area (Å²) in [5.74, 6) is 1.38. The lowest BCUT2D eigenvalue weighted by atomic mass is 9.67. The summed E-state index contributed by atoms with van der Waals surface area (Å²) in [5.41, 5.74) is 43.0. The van der Waals surface area contributed by atoms with Gasteiger partial charge in [-0.3, -0.25) is 0 Å². The van der Waals surface area contributed by atoms with Crippen LogP contribution < -0.4 is 0 Å². The second-order valence-corrected chi connectivity index (χ2v) is 34.0. The van der Waals surface area contributed by atoms with Crippen LogP contribution >= 0.6 is 0 Å². The van der Waals surface area contributed by atoms with Crippen LogP contribution in [-0.2, 0) is 10.8 Å². The number of nitrogens with zero attached hydrogens (tertiary/aromatic N) is 6. The fraction of sp³-hybridized carbons (Fsp3) is 0.0159. The van der Waals surface area contributed by atoms with Crippen LogP contribution in [0, 0.1) is 13.1 Å². The third-order valence-electron chi connectivity index (χ3n) is 26.6. The van der Waals surface area contributed by atoms with Crippen molar-refractivity contribution in [1.29, 1.82) is 0 Å². The summed E-state index contributed by atoms with van der Waals surface area (Å²) in [4.78, 5) is 28.3. The summed E-state index contributed by atoms with van der Waals surface area (Å²) in [6.45, 7) is 15.8. The third-order valence-corrected chi connectivity index (χ3v) is 26.6. The predicted octanol–water partition coefficient (Wildman–Crippen LogP) is 32.4. The van der Waals surface area contributed by atoms with E-state index in [0.29, 0.717) is 23.0 Å². The molecule has 19 aromatic carbocycles. The van der Waals surface area contributed by atoms with Gasteiger partial charge in [0.15, 0.2) is 23.0 Å². The molecule has 0 amide bonds. The van der Waals surface area contributed by atoms with E-state index >= 15 is 0 Å². The van der Waals surface area contributed by atoms with Crippen molar-refractivity contribution in [3.05, 3.63) is 553 Å². The fourth-order valence-electron chi connectivity index (χ4n) is 20.2. The molecular formula is C126H80N6. The van der Waals surface area contributed by atoms with E-state index in [1.165, 1.54) is 83.5 Å². The first-order chi connectivity index (χ1) is 65.3. The molecular weight excluding hydrogens is 1600 g/mol. The normalized spacial score (nSPS) is 12.3. The lowest BCUT2D eigenvalue weighted by Crippen LogP contribution is -2.28. The lowest BCUT2D eigenvalue weighted by molar-refractivity contribution is 0.769. The Bertz CT molecular complexity index is 7860.